The van der Waals surface area contributed by atoms with Crippen molar-refractivity contribution in [3.05, 3.63) is 33.4 Å². The highest BCUT2D eigenvalue weighted by Gasteiger charge is 2.20. The Hall–Kier alpha value is -0.660. The number of carbonyl (C=O) groups excluding carboxylic acids is 1. The average molecular weight is 335 g/mol. The molecule has 0 heterocycles. The van der Waals surface area contributed by atoms with Gasteiger partial charge in [-0.25, -0.2) is 0 Å². The first-order valence-corrected chi connectivity index (χ1v) is 5.94. The topological polar surface area (TPSA) is 69.6 Å². The van der Waals surface area contributed by atoms with Gasteiger partial charge in [-0.05, 0) is 40.3 Å². The van der Waals surface area contributed by atoms with E-state index in [4.69, 9.17) is 5.11 Å². The molecule has 0 aliphatic heterocycles. The maximum absolute atomic E-state index is 10.9. The number of aliphatic hydroxyl groups is 2. The van der Waals surface area contributed by atoms with Gasteiger partial charge >= 0.3 is 0 Å². The Morgan fingerprint density at radius 1 is 1.44 bits per heavy atom. The summed E-state index contributed by atoms with van der Waals surface area (Å²) in [5, 5.41) is 21.5. The number of hydrogen-bond donors (Lipinski definition) is 3. The molecule has 0 fully saturated rings. The molecule has 5 heteroatoms. The van der Waals surface area contributed by atoms with Crippen molar-refractivity contribution < 1.29 is 15.0 Å². The van der Waals surface area contributed by atoms with Crippen molar-refractivity contribution in [2.75, 3.05) is 6.61 Å². The maximum atomic E-state index is 10.9. The normalized spacial score (nSPS) is 14.2. The number of aliphatic hydroxyl groups excluding tert-OH is 2. The van der Waals surface area contributed by atoms with Gasteiger partial charge in [0.25, 0.3) is 0 Å². The van der Waals surface area contributed by atoms with Crippen LogP contribution in [0, 0.1) is 3.57 Å². The highest BCUT2D eigenvalue weighted by atomic mass is 127. The highest BCUT2D eigenvalue weighted by molar-refractivity contribution is 14.1. The van der Waals surface area contributed by atoms with E-state index in [-0.39, 0.29) is 12.5 Å². The van der Waals surface area contributed by atoms with Gasteiger partial charge in [0.1, 0.15) is 6.10 Å². The monoisotopic (exact) mass is 335 g/mol. The van der Waals surface area contributed by atoms with Crippen LogP contribution in [0.3, 0.4) is 0 Å². The van der Waals surface area contributed by atoms with Crippen molar-refractivity contribution in [3.63, 3.8) is 0 Å². The summed E-state index contributed by atoms with van der Waals surface area (Å²) in [4.78, 5) is 10.9. The zero-order chi connectivity index (χ0) is 12.1. The Bertz CT molecular complexity index is 353. The average Bonchev–Trinajstić information content (AvgIpc) is 2.25. The molecule has 1 aromatic carbocycles. The van der Waals surface area contributed by atoms with Crippen molar-refractivity contribution in [1.29, 1.82) is 0 Å². The van der Waals surface area contributed by atoms with E-state index in [0.717, 1.165) is 3.57 Å². The van der Waals surface area contributed by atoms with E-state index in [9.17, 15) is 9.90 Å². The Morgan fingerprint density at radius 3 is 2.44 bits per heavy atom. The fourth-order valence-corrected chi connectivity index (χ4v) is 1.74. The first kappa shape index (κ1) is 13.4. The molecule has 1 unspecified atom stereocenters. The number of nitrogens with one attached hydrogen (secondary N) is 1. The van der Waals surface area contributed by atoms with E-state index in [1.807, 2.05) is 12.1 Å². The molecule has 4 nitrogen and oxygen atoms in total. The number of benzene rings is 1. The third-order valence-corrected chi connectivity index (χ3v) is 2.90. The summed E-state index contributed by atoms with van der Waals surface area (Å²) in [7, 11) is 0. The Morgan fingerprint density at radius 2 is 2.00 bits per heavy atom. The van der Waals surface area contributed by atoms with Crippen LogP contribution in [0.4, 0.5) is 0 Å². The summed E-state index contributed by atoms with van der Waals surface area (Å²) in [6.07, 6.45) is -0.897. The molecule has 1 amide bonds. The lowest BCUT2D eigenvalue weighted by Crippen LogP contribution is -2.40. The molecule has 0 spiro atoms. The second kappa shape index (κ2) is 6.17. The Labute approximate surface area is 108 Å². The number of halogens is 1. The van der Waals surface area contributed by atoms with Crippen LogP contribution in [0.1, 0.15) is 18.6 Å². The van der Waals surface area contributed by atoms with E-state index >= 15 is 0 Å². The second-order valence-corrected chi connectivity index (χ2v) is 4.73. The van der Waals surface area contributed by atoms with Crippen LogP contribution in [0.5, 0.6) is 0 Å². The van der Waals surface area contributed by atoms with E-state index in [0.29, 0.717) is 5.56 Å². The molecule has 0 aliphatic carbocycles. The van der Waals surface area contributed by atoms with E-state index < -0.39 is 12.1 Å². The maximum Gasteiger partial charge on any atom is 0.217 e. The van der Waals surface area contributed by atoms with Gasteiger partial charge in [-0.2, -0.15) is 0 Å². The molecule has 1 rings (SSSR count). The second-order valence-electron chi connectivity index (χ2n) is 3.49. The molecule has 1 aromatic rings. The SMILES string of the molecule is CC(=O)N[C@H](CO)C(O)c1ccc(I)cc1. The van der Waals surface area contributed by atoms with Gasteiger partial charge in [0.2, 0.25) is 5.91 Å². The largest absolute Gasteiger partial charge is 0.394 e. The number of carbonyl (C=O) groups is 1. The predicted octanol–water partition coefficient (Wildman–Crippen LogP) is 0.822. The Balaban J connectivity index is 2.78. The lowest BCUT2D eigenvalue weighted by molar-refractivity contribution is -0.121. The number of hydrogen-bond acceptors (Lipinski definition) is 3. The van der Waals surface area contributed by atoms with Crippen molar-refractivity contribution >= 4 is 28.5 Å². The number of rotatable bonds is 4. The van der Waals surface area contributed by atoms with Crippen LogP contribution >= 0.6 is 22.6 Å². The van der Waals surface area contributed by atoms with Gasteiger partial charge < -0.3 is 15.5 Å². The summed E-state index contributed by atoms with van der Waals surface area (Å²) < 4.78 is 1.06. The zero-order valence-corrected chi connectivity index (χ0v) is 11.0. The van der Waals surface area contributed by atoms with Crippen LogP contribution in [0.25, 0.3) is 0 Å². The van der Waals surface area contributed by atoms with Crippen LogP contribution in [0.15, 0.2) is 24.3 Å². The van der Waals surface area contributed by atoms with Gasteiger partial charge in [-0.1, -0.05) is 12.1 Å². The molecule has 2 atom stereocenters. The van der Waals surface area contributed by atoms with E-state index in [1.165, 1.54) is 6.92 Å². The van der Waals surface area contributed by atoms with Crippen LogP contribution in [-0.4, -0.2) is 28.8 Å². The van der Waals surface area contributed by atoms with Gasteiger partial charge in [-0.15, -0.1) is 0 Å². The molecule has 3 N–H and O–H groups in total. The fraction of sp³-hybridized carbons (Fsp3) is 0.364. The van der Waals surface area contributed by atoms with Crippen molar-refractivity contribution in [3.8, 4) is 0 Å². The quantitative estimate of drug-likeness (QED) is 0.714. The standard InChI is InChI=1S/C11H14INO3/c1-7(15)13-10(6-14)11(16)8-2-4-9(12)5-3-8/h2-5,10-11,14,16H,6H2,1H3,(H,13,15)/t10-,11?/m1/s1. The molecular weight excluding hydrogens is 321 g/mol. The molecule has 0 saturated carbocycles. The van der Waals surface area contributed by atoms with Crippen molar-refractivity contribution in [1.82, 2.24) is 5.32 Å². The molecule has 0 saturated heterocycles. The van der Waals surface area contributed by atoms with Crippen molar-refractivity contribution in [2.24, 2.45) is 0 Å². The minimum atomic E-state index is -0.897. The summed E-state index contributed by atoms with van der Waals surface area (Å²) in [6, 6.07) is 6.61. The molecular formula is C11H14INO3. The summed E-state index contributed by atoms with van der Waals surface area (Å²) in [5.41, 5.74) is 0.674. The van der Waals surface area contributed by atoms with E-state index in [2.05, 4.69) is 27.9 Å². The molecule has 16 heavy (non-hydrogen) atoms. The molecule has 88 valence electrons. The summed E-state index contributed by atoms with van der Waals surface area (Å²) in [6.45, 7) is 1.05. The van der Waals surface area contributed by atoms with Gasteiger partial charge in [0.05, 0.1) is 12.6 Å². The third kappa shape index (κ3) is 3.73. The predicted molar refractivity (Wildman–Crippen MR) is 68.8 cm³/mol. The van der Waals surface area contributed by atoms with Crippen molar-refractivity contribution in [2.45, 2.75) is 19.1 Å². The lowest BCUT2D eigenvalue weighted by atomic mass is 10.0. The zero-order valence-electron chi connectivity index (χ0n) is 8.85. The Kier molecular flexibility index (Phi) is 5.17. The number of amides is 1. The highest BCUT2D eigenvalue weighted by Crippen LogP contribution is 2.18. The van der Waals surface area contributed by atoms with Gasteiger partial charge in [0.15, 0.2) is 0 Å². The lowest BCUT2D eigenvalue weighted by Gasteiger charge is -2.21. The minimum absolute atomic E-state index is 0.274. The van der Waals surface area contributed by atoms with Crippen LogP contribution < -0.4 is 5.32 Å². The minimum Gasteiger partial charge on any atom is -0.394 e. The first-order valence-electron chi connectivity index (χ1n) is 4.86. The molecule has 0 bridgehead atoms. The fourth-order valence-electron chi connectivity index (χ4n) is 1.38. The van der Waals surface area contributed by atoms with Gasteiger partial charge in [-0.3, -0.25) is 4.79 Å². The summed E-state index contributed by atoms with van der Waals surface area (Å²) in [5.74, 6) is -0.274. The van der Waals surface area contributed by atoms with Crippen LogP contribution in [0.2, 0.25) is 0 Å². The smallest absolute Gasteiger partial charge is 0.217 e. The first-order chi connectivity index (χ1) is 7.54. The molecule has 0 aromatic heterocycles. The summed E-state index contributed by atoms with van der Waals surface area (Å²) >= 11 is 2.17. The molecule has 0 radical (unpaired) electrons. The van der Waals surface area contributed by atoms with Crippen LogP contribution in [-0.2, 0) is 4.79 Å². The molecule has 0 aliphatic rings. The third-order valence-electron chi connectivity index (χ3n) is 2.18. The van der Waals surface area contributed by atoms with E-state index in [1.54, 1.807) is 12.1 Å². The van der Waals surface area contributed by atoms with Gasteiger partial charge in [0, 0.05) is 10.5 Å².